The van der Waals surface area contributed by atoms with Crippen molar-refractivity contribution in [1.82, 2.24) is 0 Å². The van der Waals surface area contributed by atoms with Crippen LogP contribution in [0.2, 0.25) is 0 Å². The molecule has 0 nitrogen and oxygen atoms in total. The summed E-state index contributed by atoms with van der Waals surface area (Å²) >= 11 is 0. The molecule has 0 heterocycles. The van der Waals surface area contributed by atoms with Crippen LogP contribution >= 0.6 is 0 Å². The Labute approximate surface area is 65.3 Å². The predicted molar refractivity (Wildman–Crippen MR) is 48.1 cm³/mol. The van der Waals surface area contributed by atoms with Crippen LogP contribution in [0.25, 0.3) is 0 Å². The minimum absolute atomic E-state index is 0.810. The normalized spacial score (nSPS) is 14.9. The van der Waals surface area contributed by atoms with E-state index < -0.39 is 0 Å². The van der Waals surface area contributed by atoms with Gasteiger partial charge in [-0.05, 0) is 31.6 Å². The highest BCUT2D eigenvalue weighted by Gasteiger charge is 2.03. The Morgan fingerprint density at radius 1 is 1.30 bits per heavy atom. The van der Waals surface area contributed by atoms with Crippen LogP contribution in [0.4, 0.5) is 0 Å². The van der Waals surface area contributed by atoms with Crippen molar-refractivity contribution in [1.29, 1.82) is 0 Å². The van der Waals surface area contributed by atoms with E-state index in [9.17, 15) is 0 Å². The van der Waals surface area contributed by atoms with E-state index in [-0.39, 0.29) is 0 Å². The van der Waals surface area contributed by atoms with Gasteiger partial charge in [-0.2, -0.15) is 0 Å². The second-order valence-corrected chi connectivity index (χ2v) is 3.32. The van der Waals surface area contributed by atoms with Crippen LogP contribution in [0.5, 0.6) is 0 Å². The van der Waals surface area contributed by atoms with Crippen LogP contribution in [0.1, 0.15) is 40.5 Å². The molecule has 0 saturated heterocycles. The lowest BCUT2D eigenvalue weighted by Crippen LogP contribution is -1.99. The van der Waals surface area contributed by atoms with Crippen LogP contribution in [-0.2, 0) is 0 Å². The van der Waals surface area contributed by atoms with Gasteiger partial charge in [-0.15, -0.1) is 0 Å². The average molecular weight is 140 g/mol. The monoisotopic (exact) mass is 140 g/mol. The molecule has 0 bridgehead atoms. The minimum atomic E-state index is 0.810. The standard InChI is InChI=1S/C10H20/c1-5-7-10(6-2)8-9(3)4/h5,7,9-10H,6,8H2,1-4H3. The van der Waals surface area contributed by atoms with E-state index in [0.717, 1.165) is 11.8 Å². The summed E-state index contributed by atoms with van der Waals surface area (Å²) in [7, 11) is 0. The molecule has 0 aromatic carbocycles. The number of hydrogen-bond donors (Lipinski definition) is 0. The van der Waals surface area contributed by atoms with Crippen LogP contribution in [0.15, 0.2) is 12.2 Å². The van der Waals surface area contributed by atoms with Crippen molar-refractivity contribution in [2.75, 3.05) is 0 Å². The van der Waals surface area contributed by atoms with E-state index in [4.69, 9.17) is 0 Å². The van der Waals surface area contributed by atoms with Crippen molar-refractivity contribution in [2.45, 2.75) is 40.5 Å². The summed E-state index contributed by atoms with van der Waals surface area (Å²) < 4.78 is 0. The van der Waals surface area contributed by atoms with E-state index in [1.165, 1.54) is 12.8 Å². The Morgan fingerprint density at radius 3 is 2.20 bits per heavy atom. The molecular formula is C10H20. The van der Waals surface area contributed by atoms with Gasteiger partial charge in [-0.3, -0.25) is 0 Å². The first kappa shape index (κ1) is 9.74. The zero-order valence-electron chi connectivity index (χ0n) is 7.72. The molecule has 10 heavy (non-hydrogen) atoms. The lowest BCUT2D eigenvalue weighted by molar-refractivity contribution is 0.465. The van der Waals surface area contributed by atoms with E-state index >= 15 is 0 Å². The summed E-state index contributed by atoms with van der Waals surface area (Å²) in [6.07, 6.45) is 7.10. The topological polar surface area (TPSA) is 0 Å². The Hall–Kier alpha value is -0.260. The molecule has 0 saturated carbocycles. The Bertz CT molecular complexity index is 90.2. The fourth-order valence-electron chi connectivity index (χ4n) is 1.26. The quantitative estimate of drug-likeness (QED) is 0.523. The van der Waals surface area contributed by atoms with Gasteiger partial charge in [0.2, 0.25) is 0 Å². The highest BCUT2D eigenvalue weighted by Crippen LogP contribution is 2.15. The third kappa shape index (κ3) is 4.60. The summed E-state index contributed by atoms with van der Waals surface area (Å²) in [5.74, 6) is 1.64. The van der Waals surface area contributed by atoms with Gasteiger partial charge in [-0.1, -0.05) is 32.9 Å². The zero-order valence-corrected chi connectivity index (χ0v) is 7.72. The largest absolute Gasteiger partial charge is 0.0914 e. The fourth-order valence-corrected chi connectivity index (χ4v) is 1.26. The molecule has 0 heteroatoms. The van der Waals surface area contributed by atoms with Gasteiger partial charge in [0.05, 0.1) is 0 Å². The molecule has 0 aromatic heterocycles. The number of allylic oxidation sites excluding steroid dienone is 2. The van der Waals surface area contributed by atoms with Crippen molar-refractivity contribution in [3.05, 3.63) is 12.2 Å². The molecule has 0 spiro atoms. The lowest BCUT2D eigenvalue weighted by atomic mass is 9.95. The molecule has 0 aliphatic carbocycles. The number of rotatable bonds is 4. The zero-order chi connectivity index (χ0) is 7.98. The summed E-state index contributed by atoms with van der Waals surface area (Å²) in [6.45, 7) is 8.92. The summed E-state index contributed by atoms with van der Waals surface area (Å²) in [6, 6.07) is 0. The molecule has 1 atom stereocenters. The van der Waals surface area contributed by atoms with Crippen molar-refractivity contribution in [3.63, 3.8) is 0 Å². The van der Waals surface area contributed by atoms with E-state index in [1.54, 1.807) is 0 Å². The summed E-state index contributed by atoms with van der Waals surface area (Å²) in [5.41, 5.74) is 0. The summed E-state index contributed by atoms with van der Waals surface area (Å²) in [5, 5.41) is 0. The van der Waals surface area contributed by atoms with E-state index in [2.05, 4.69) is 39.8 Å². The van der Waals surface area contributed by atoms with Crippen molar-refractivity contribution < 1.29 is 0 Å². The molecule has 60 valence electrons. The molecule has 0 N–H and O–H groups in total. The van der Waals surface area contributed by atoms with Crippen molar-refractivity contribution in [3.8, 4) is 0 Å². The van der Waals surface area contributed by atoms with Crippen LogP contribution in [0, 0.1) is 11.8 Å². The third-order valence-corrected chi connectivity index (χ3v) is 1.76. The molecular weight excluding hydrogens is 120 g/mol. The number of hydrogen-bond acceptors (Lipinski definition) is 0. The minimum Gasteiger partial charge on any atom is -0.0914 e. The van der Waals surface area contributed by atoms with Gasteiger partial charge >= 0.3 is 0 Å². The predicted octanol–water partition coefficient (Wildman–Crippen LogP) is 3.63. The second kappa shape index (κ2) is 5.52. The van der Waals surface area contributed by atoms with Gasteiger partial charge in [0.1, 0.15) is 0 Å². The smallest absolute Gasteiger partial charge is 0.0234 e. The first-order valence-electron chi connectivity index (χ1n) is 4.33. The Morgan fingerprint density at radius 2 is 1.90 bits per heavy atom. The third-order valence-electron chi connectivity index (χ3n) is 1.76. The van der Waals surface area contributed by atoms with Crippen LogP contribution < -0.4 is 0 Å². The van der Waals surface area contributed by atoms with Crippen molar-refractivity contribution in [2.24, 2.45) is 11.8 Å². The molecule has 0 aromatic rings. The average Bonchev–Trinajstić information content (AvgIpc) is 1.86. The molecule has 1 unspecified atom stereocenters. The van der Waals surface area contributed by atoms with Gasteiger partial charge in [0, 0.05) is 0 Å². The fraction of sp³-hybridized carbons (Fsp3) is 0.800. The maximum Gasteiger partial charge on any atom is -0.0234 e. The van der Waals surface area contributed by atoms with Gasteiger partial charge in [0.15, 0.2) is 0 Å². The highest BCUT2D eigenvalue weighted by atomic mass is 14.1. The Kier molecular flexibility index (Phi) is 5.38. The lowest BCUT2D eigenvalue weighted by Gasteiger charge is -2.11. The van der Waals surface area contributed by atoms with Crippen LogP contribution in [0.3, 0.4) is 0 Å². The Balaban J connectivity index is 3.60. The summed E-state index contributed by atoms with van der Waals surface area (Å²) in [4.78, 5) is 0. The maximum atomic E-state index is 2.32. The molecule has 0 radical (unpaired) electrons. The SMILES string of the molecule is CC=CC(CC)CC(C)C. The van der Waals surface area contributed by atoms with Gasteiger partial charge in [0.25, 0.3) is 0 Å². The molecule has 0 aliphatic rings. The highest BCUT2D eigenvalue weighted by molar-refractivity contribution is 4.85. The van der Waals surface area contributed by atoms with E-state index in [0.29, 0.717) is 0 Å². The molecule has 0 rings (SSSR count). The van der Waals surface area contributed by atoms with Gasteiger partial charge < -0.3 is 0 Å². The molecule has 0 amide bonds. The van der Waals surface area contributed by atoms with Gasteiger partial charge in [-0.25, -0.2) is 0 Å². The molecule has 0 fully saturated rings. The second-order valence-electron chi connectivity index (χ2n) is 3.32. The first-order valence-corrected chi connectivity index (χ1v) is 4.33. The van der Waals surface area contributed by atoms with Crippen molar-refractivity contribution >= 4 is 0 Å². The van der Waals surface area contributed by atoms with E-state index in [1.807, 2.05) is 0 Å². The van der Waals surface area contributed by atoms with Crippen LogP contribution in [-0.4, -0.2) is 0 Å². The first-order chi connectivity index (χ1) is 4.70. The molecule has 0 aliphatic heterocycles. The maximum absolute atomic E-state index is 2.32.